The lowest BCUT2D eigenvalue weighted by atomic mass is 10.2. The van der Waals surface area contributed by atoms with Crippen molar-refractivity contribution >= 4 is 11.9 Å². The van der Waals surface area contributed by atoms with Crippen molar-refractivity contribution in [3.8, 4) is 5.75 Å². The molecule has 150 valence electrons. The standard InChI is InChI=1S/C23H26N4O2/c1-17(2)27(16-18-9-5-4-6-10-18)23-24-14-13-20(26-23)22(28)25-15-19-11-7-8-12-21(19)29-3/h4-14,17H,15-16H2,1-3H3,(H,25,28). The molecule has 0 aliphatic heterocycles. The quantitative estimate of drug-likeness (QED) is 0.633. The molecule has 1 aromatic heterocycles. The molecular weight excluding hydrogens is 364 g/mol. The van der Waals surface area contributed by atoms with Crippen LogP contribution >= 0.6 is 0 Å². The van der Waals surface area contributed by atoms with Crippen LogP contribution < -0.4 is 15.0 Å². The highest BCUT2D eigenvalue weighted by Gasteiger charge is 2.17. The van der Waals surface area contributed by atoms with Crippen molar-refractivity contribution in [3.63, 3.8) is 0 Å². The Bertz CT molecular complexity index is 944. The molecule has 0 aliphatic rings. The van der Waals surface area contributed by atoms with Gasteiger partial charge in [0.15, 0.2) is 0 Å². The minimum Gasteiger partial charge on any atom is -0.496 e. The van der Waals surface area contributed by atoms with Gasteiger partial charge in [0.05, 0.1) is 7.11 Å². The van der Waals surface area contributed by atoms with Crippen LogP contribution in [0.4, 0.5) is 5.95 Å². The van der Waals surface area contributed by atoms with Gasteiger partial charge in [-0.15, -0.1) is 0 Å². The second kappa shape index (κ2) is 9.68. The molecule has 6 heteroatoms. The van der Waals surface area contributed by atoms with E-state index < -0.39 is 0 Å². The van der Waals surface area contributed by atoms with E-state index in [-0.39, 0.29) is 11.9 Å². The van der Waals surface area contributed by atoms with Crippen LogP contribution in [0, 0.1) is 0 Å². The molecule has 0 saturated heterocycles. The Balaban J connectivity index is 1.74. The van der Waals surface area contributed by atoms with E-state index in [0.717, 1.165) is 16.9 Å². The minimum absolute atomic E-state index is 0.182. The number of para-hydroxylation sites is 1. The Kier molecular flexibility index (Phi) is 6.79. The number of anilines is 1. The van der Waals surface area contributed by atoms with Crippen LogP contribution in [0.25, 0.3) is 0 Å². The summed E-state index contributed by atoms with van der Waals surface area (Å²) in [7, 11) is 1.62. The third-order valence-electron chi connectivity index (χ3n) is 4.58. The molecule has 3 rings (SSSR count). The Morgan fingerprint density at radius 3 is 2.52 bits per heavy atom. The number of ether oxygens (including phenoxy) is 1. The second-order valence-corrected chi connectivity index (χ2v) is 6.94. The first-order valence-electron chi connectivity index (χ1n) is 9.62. The SMILES string of the molecule is COc1ccccc1CNC(=O)c1ccnc(N(Cc2ccccc2)C(C)C)n1. The van der Waals surface area contributed by atoms with Gasteiger partial charge in [-0.25, -0.2) is 9.97 Å². The summed E-state index contributed by atoms with van der Waals surface area (Å²) in [6.45, 7) is 5.20. The maximum atomic E-state index is 12.7. The first-order chi connectivity index (χ1) is 14.1. The highest BCUT2D eigenvalue weighted by molar-refractivity contribution is 5.92. The summed E-state index contributed by atoms with van der Waals surface area (Å²) in [6.07, 6.45) is 1.63. The van der Waals surface area contributed by atoms with E-state index in [1.165, 1.54) is 0 Å². The molecule has 29 heavy (non-hydrogen) atoms. The van der Waals surface area contributed by atoms with E-state index in [9.17, 15) is 4.79 Å². The predicted molar refractivity (Wildman–Crippen MR) is 114 cm³/mol. The van der Waals surface area contributed by atoms with Crippen LogP contribution in [0.3, 0.4) is 0 Å². The Labute approximate surface area is 171 Å². The monoisotopic (exact) mass is 390 g/mol. The number of carbonyl (C=O) groups is 1. The zero-order chi connectivity index (χ0) is 20.6. The van der Waals surface area contributed by atoms with Crippen LogP contribution in [0.15, 0.2) is 66.9 Å². The fourth-order valence-electron chi connectivity index (χ4n) is 2.99. The number of nitrogens with zero attached hydrogens (tertiary/aromatic N) is 3. The van der Waals surface area contributed by atoms with Gasteiger partial charge in [-0.2, -0.15) is 0 Å². The average Bonchev–Trinajstić information content (AvgIpc) is 2.76. The molecule has 2 aromatic carbocycles. The number of methoxy groups -OCH3 is 1. The average molecular weight is 390 g/mol. The fraction of sp³-hybridized carbons (Fsp3) is 0.261. The number of aromatic nitrogens is 2. The van der Waals surface area contributed by atoms with Crippen LogP contribution in [-0.4, -0.2) is 29.0 Å². The van der Waals surface area contributed by atoms with Crippen LogP contribution in [0.5, 0.6) is 5.75 Å². The van der Waals surface area contributed by atoms with Crippen LogP contribution in [-0.2, 0) is 13.1 Å². The molecular formula is C23H26N4O2. The molecule has 0 spiro atoms. The fourth-order valence-corrected chi connectivity index (χ4v) is 2.99. The summed E-state index contributed by atoms with van der Waals surface area (Å²) in [5.74, 6) is 1.03. The van der Waals surface area contributed by atoms with Crippen molar-refractivity contribution in [2.45, 2.75) is 33.0 Å². The summed E-state index contributed by atoms with van der Waals surface area (Å²) in [6, 6.07) is 19.6. The van der Waals surface area contributed by atoms with Gasteiger partial charge in [0.1, 0.15) is 11.4 Å². The highest BCUT2D eigenvalue weighted by atomic mass is 16.5. The van der Waals surface area contributed by atoms with E-state index in [2.05, 4.69) is 46.2 Å². The van der Waals surface area contributed by atoms with Crippen molar-refractivity contribution in [2.24, 2.45) is 0 Å². The molecule has 1 amide bonds. The van der Waals surface area contributed by atoms with Gasteiger partial charge in [-0.05, 0) is 31.5 Å². The molecule has 0 fully saturated rings. The molecule has 0 aliphatic carbocycles. The lowest BCUT2D eigenvalue weighted by molar-refractivity contribution is 0.0945. The summed E-state index contributed by atoms with van der Waals surface area (Å²) in [5.41, 5.74) is 2.41. The zero-order valence-electron chi connectivity index (χ0n) is 17.0. The maximum Gasteiger partial charge on any atom is 0.270 e. The van der Waals surface area contributed by atoms with Crippen molar-refractivity contribution in [2.75, 3.05) is 12.0 Å². The molecule has 0 saturated carbocycles. The number of carbonyl (C=O) groups excluding carboxylic acids is 1. The summed E-state index contributed by atoms with van der Waals surface area (Å²) in [5, 5.41) is 2.91. The Morgan fingerprint density at radius 1 is 1.07 bits per heavy atom. The number of hydrogen-bond donors (Lipinski definition) is 1. The topological polar surface area (TPSA) is 67.3 Å². The van der Waals surface area contributed by atoms with Crippen molar-refractivity contribution in [1.82, 2.24) is 15.3 Å². The van der Waals surface area contributed by atoms with Crippen molar-refractivity contribution < 1.29 is 9.53 Å². The number of hydrogen-bond acceptors (Lipinski definition) is 5. The van der Waals surface area contributed by atoms with Gasteiger partial charge in [-0.3, -0.25) is 4.79 Å². The molecule has 3 aromatic rings. The molecule has 1 N–H and O–H groups in total. The lowest BCUT2D eigenvalue weighted by Gasteiger charge is -2.27. The minimum atomic E-state index is -0.247. The maximum absolute atomic E-state index is 12.7. The third-order valence-corrected chi connectivity index (χ3v) is 4.58. The van der Waals surface area contributed by atoms with Crippen molar-refractivity contribution in [1.29, 1.82) is 0 Å². The van der Waals surface area contributed by atoms with Gasteiger partial charge in [0, 0.05) is 30.9 Å². The van der Waals surface area contributed by atoms with Crippen LogP contribution in [0.1, 0.15) is 35.5 Å². The number of benzene rings is 2. The summed E-state index contributed by atoms with van der Waals surface area (Å²) < 4.78 is 5.33. The highest BCUT2D eigenvalue weighted by Crippen LogP contribution is 2.18. The first kappa shape index (κ1) is 20.3. The zero-order valence-corrected chi connectivity index (χ0v) is 17.0. The normalized spacial score (nSPS) is 10.6. The first-order valence-corrected chi connectivity index (χ1v) is 9.62. The number of rotatable bonds is 8. The van der Waals surface area contributed by atoms with Crippen LogP contribution in [0.2, 0.25) is 0 Å². The van der Waals surface area contributed by atoms with E-state index in [1.54, 1.807) is 19.4 Å². The smallest absolute Gasteiger partial charge is 0.270 e. The third kappa shape index (κ3) is 5.31. The van der Waals surface area contributed by atoms with E-state index in [4.69, 9.17) is 4.74 Å². The summed E-state index contributed by atoms with van der Waals surface area (Å²) >= 11 is 0. The molecule has 6 nitrogen and oxygen atoms in total. The molecule has 0 atom stereocenters. The predicted octanol–water partition coefficient (Wildman–Crippen LogP) is 3.83. The van der Waals surface area contributed by atoms with E-state index in [0.29, 0.717) is 24.7 Å². The second-order valence-electron chi connectivity index (χ2n) is 6.94. The lowest BCUT2D eigenvalue weighted by Crippen LogP contribution is -2.32. The van der Waals surface area contributed by atoms with E-state index >= 15 is 0 Å². The Morgan fingerprint density at radius 2 is 1.79 bits per heavy atom. The van der Waals surface area contributed by atoms with Gasteiger partial charge < -0.3 is 15.0 Å². The Hall–Kier alpha value is -3.41. The number of nitrogens with one attached hydrogen (secondary N) is 1. The van der Waals surface area contributed by atoms with Gasteiger partial charge in [-0.1, -0.05) is 48.5 Å². The van der Waals surface area contributed by atoms with Gasteiger partial charge in [0.2, 0.25) is 5.95 Å². The number of amides is 1. The van der Waals surface area contributed by atoms with Gasteiger partial charge in [0.25, 0.3) is 5.91 Å². The molecule has 0 bridgehead atoms. The largest absolute Gasteiger partial charge is 0.496 e. The molecule has 0 radical (unpaired) electrons. The van der Waals surface area contributed by atoms with E-state index in [1.807, 2.05) is 42.5 Å². The molecule has 0 unspecified atom stereocenters. The van der Waals surface area contributed by atoms with Gasteiger partial charge >= 0.3 is 0 Å². The van der Waals surface area contributed by atoms with Crippen molar-refractivity contribution in [3.05, 3.63) is 83.7 Å². The summed E-state index contributed by atoms with van der Waals surface area (Å²) in [4.78, 5) is 23.7. The molecule has 1 heterocycles.